The smallest absolute Gasteiger partial charge is 0.223 e. The van der Waals surface area contributed by atoms with Crippen LogP contribution in [0.5, 0.6) is 5.75 Å². The summed E-state index contributed by atoms with van der Waals surface area (Å²) in [5.74, 6) is 1.07. The zero-order chi connectivity index (χ0) is 15.4. The van der Waals surface area contributed by atoms with E-state index in [1.807, 2.05) is 25.1 Å². The Hall–Kier alpha value is -1.07. The van der Waals surface area contributed by atoms with E-state index >= 15 is 0 Å². The lowest BCUT2D eigenvalue weighted by molar-refractivity contribution is -0.126. The molecule has 21 heavy (non-hydrogen) atoms. The number of benzene rings is 1. The first-order valence-corrected chi connectivity index (χ1v) is 8.17. The van der Waals surface area contributed by atoms with Gasteiger partial charge in [0.25, 0.3) is 0 Å². The Morgan fingerprint density at radius 2 is 2.29 bits per heavy atom. The maximum absolute atomic E-state index is 12.4. The van der Waals surface area contributed by atoms with Gasteiger partial charge in [-0.1, -0.05) is 6.07 Å². The highest BCUT2D eigenvalue weighted by atomic mass is 79.9. The van der Waals surface area contributed by atoms with Crippen molar-refractivity contribution in [2.75, 3.05) is 13.7 Å². The van der Waals surface area contributed by atoms with Gasteiger partial charge in [0.05, 0.1) is 17.6 Å². The van der Waals surface area contributed by atoms with Crippen LogP contribution in [0.3, 0.4) is 0 Å². The quantitative estimate of drug-likeness (QED) is 0.873. The topological polar surface area (TPSA) is 50.4 Å². The number of carbonyl (C=O) groups excluding carboxylic acids is 1. The molecular formula is C16H23BrN2O2. The molecule has 3 atom stereocenters. The van der Waals surface area contributed by atoms with Crippen LogP contribution in [0.1, 0.15) is 38.3 Å². The number of nitrogens with one attached hydrogen (secondary N) is 2. The fourth-order valence-electron chi connectivity index (χ4n) is 2.74. The van der Waals surface area contributed by atoms with Crippen LogP contribution in [-0.2, 0) is 4.79 Å². The van der Waals surface area contributed by atoms with Gasteiger partial charge in [-0.15, -0.1) is 0 Å². The highest BCUT2D eigenvalue weighted by Crippen LogP contribution is 2.28. The molecule has 116 valence electrons. The molecular weight excluding hydrogens is 332 g/mol. The summed E-state index contributed by atoms with van der Waals surface area (Å²) in [6.45, 7) is 5.06. The first-order chi connectivity index (χ1) is 10.0. The molecule has 0 saturated carbocycles. The summed E-state index contributed by atoms with van der Waals surface area (Å²) >= 11 is 3.48. The molecule has 5 heteroatoms. The van der Waals surface area contributed by atoms with E-state index in [2.05, 4.69) is 33.5 Å². The molecule has 1 aromatic rings. The molecule has 1 aliphatic rings. The summed E-state index contributed by atoms with van der Waals surface area (Å²) in [6, 6.07) is 6.30. The van der Waals surface area contributed by atoms with Crippen LogP contribution >= 0.6 is 15.9 Å². The maximum atomic E-state index is 12.4. The summed E-state index contributed by atoms with van der Waals surface area (Å²) in [7, 11) is 1.64. The van der Waals surface area contributed by atoms with Crippen molar-refractivity contribution in [2.45, 2.75) is 38.8 Å². The van der Waals surface area contributed by atoms with Crippen molar-refractivity contribution in [2.24, 2.45) is 5.92 Å². The number of ether oxygens (including phenoxy) is 1. The second-order valence-corrected chi connectivity index (χ2v) is 6.56. The van der Waals surface area contributed by atoms with Crippen LogP contribution in [0.25, 0.3) is 0 Å². The molecule has 0 bridgehead atoms. The van der Waals surface area contributed by atoms with E-state index in [0.29, 0.717) is 6.04 Å². The number of halogens is 1. The van der Waals surface area contributed by atoms with Crippen molar-refractivity contribution in [3.05, 3.63) is 28.2 Å². The van der Waals surface area contributed by atoms with Crippen molar-refractivity contribution in [3.8, 4) is 5.75 Å². The predicted molar refractivity (Wildman–Crippen MR) is 87.4 cm³/mol. The van der Waals surface area contributed by atoms with Gasteiger partial charge in [-0.3, -0.25) is 4.79 Å². The van der Waals surface area contributed by atoms with Crippen molar-refractivity contribution in [1.29, 1.82) is 0 Å². The van der Waals surface area contributed by atoms with Gasteiger partial charge in [-0.2, -0.15) is 0 Å². The standard InChI is InChI=1S/C16H23BrN2O2/c1-10-8-13(6-7-18-10)16(20)19-11(2)12-4-5-15(21-3)14(17)9-12/h4-5,9-11,13,18H,6-8H2,1-3H3,(H,19,20). The number of hydrogen-bond acceptors (Lipinski definition) is 3. The molecule has 1 heterocycles. The molecule has 0 spiro atoms. The summed E-state index contributed by atoms with van der Waals surface area (Å²) < 4.78 is 6.13. The van der Waals surface area contributed by atoms with E-state index in [4.69, 9.17) is 4.74 Å². The molecule has 0 aromatic heterocycles. The molecule has 2 N–H and O–H groups in total. The lowest BCUT2D eigenvalue weighted by atomic mass is 9.92. The molecule has 1 amide bonds. The minimum Gasteiger partial charge on any atom is -0.496 e. The van der Waals surface area contributed by atoms with Gasteiger partial charge in [-0.25, -0.2) is 0 Å². The third kappa shape index (κ3) is 4.20. The number of piperidine rings is 1. The zero-order valence-corrected chi connectivity index (χ0v) is 14.4. The number of rotatable bonds is 4. The molecule has 1 aromatic carbocycles. The Morgan fingerprint density at radius 3 is 2.90 bits per heavy atom. The second kappa shape index (κ2) is 7.27. The van der Waals surface area contributed by atoms with Gasteiger partial charge < -0.3 is 15.4 Å². The van der Waals surface area contributed by atoms with Crippen LogP contribution in [0.15, 0.2) is 22.7 Å². The van der Waals surface area contributed by atoms with E-state index in [9.17, 15) is 4.79 Å². The van der Waals surface area contributed by atoms with Crippen molar-refractivity contribution >= 4 is 21.8 Å². The maximum Gasteiger partial charge on any atom is 0.223 e. The Bertz CT molecular complexity index is 507. The van der Waals surface area contributed by atoms with E-state index in [1.165, 1.54) is 0 Å². The van der Waals surface area contributed by atoms with Crippen LogP contribution < -0.4 is 15.4 Å². The zero-order valence-electron chi connectivity index (χ0n) is 12.8. The Kier molecular flexibility index (Phi) is 5.65. The number of amides is 1. The molecule has 1 fully saturated rings. The van der Waals surface area contributed by atoms with Crippen molar-refractivity contribution in [3.63, 3.8) is 0 Å². The lowest BCUT2D eigenvalue weighted by Crippen LogP contribution is -2.42. The van der Waals surface area contributed by atoms with Gasteiger partial charge in [-0.05, 0) is 66.9 Å². The van der Waals surface area contributed by atoms with Gasteiger partial charge in [0.1, 0.15) is 5.75 Å². The Balaban J connectivity index is 1.98. The average Bonchev–Trinajstić information content (AvgIpc) is 2.47. The molecule has 0 radical (unpaired) electrons. The molecule has 1 saturated heterocycles. The monoisotopic (exact) mass is 354 g/mol. The van der Waals surface area contributed by atoms with Gasteiger partial charge in [0, 0.05) is 12.0 Å². The highest BCUT2D eigenvalue weighted by Gasteiger charge is 2.25. The molecule has 2 rings (SSSR count). The summed E-state index contributed by atoms with van der Waals surface area (Å²) in [4.78, 5) is 12.4. The second-order valence-electron chi connectivity index (χ2n) is 5.70. The van der Waals surface area contributed by atoms with E-state index in [1.54, 1.807) is 7.11 Å². The average molecular weight is 355 g/mol. The Labute approximate surface area is 134 Å². The third-order valence-corrected chi connectivity index (χ3v) is 4.65. The number of hydrogen-bond donors (Lipinski definition) is 2. The normalized spacial score (nSPS) is 23.4. The van der Waals surface area contributed by atoms with Gasteiger partial charge >= 0.3 is 0 Å². The van der Waals surface area contributed by atoms with E-state index in [-0.39, 0.29) is 17.9 Å². The van der Waals surface area contributed by atoms with Crippen molar-refractivity contribution < 1.29 is 9.53 Å². The third-order valence-electron chi connectivity index (χ3n) is 4.03. The van der Waals surface area contributed by atoms with E-state index < -0.39 is 0 Å². The van der Waals surface area contributed by atoms with Crippen LogP contribution in [-0.4, -0.2) is 25.6 Å². The van der Waals surface area contributed by atoms with Crippen LogP contribution in [0.4, 0.5) is 0 Å². The molecule has 4 nitrogen and oxygen atoms in total. The van der Waals surface area contributed by atoms with Gasteiger partial charge in [0.15, 0.2) is 0 Å². The first kappa shape index (κ1) is 16.3. The van der Waals surface area contributed by atoms with Crippen LogP contribution in [0.2, 0.25) is 0 Å². The molecule has 1 aliphatic heterocycles. The predicted octanol–water partition coefficient (Wildman–Crippen LogP) is 3.02. The minimum absolute atomic E-state index is 0.00935. The van der Waals surface area contributed by atoms with Crippen molar-refractivity contribution in [1.82, 2.24) is 10.6 Å². The van der Waals surface area contributed by atoms with Gasteiger partial charge in [0.2, 0.25) is 5.91 Å². The summed E-state index contributed by atoms with van der Waals surface area (Å²) in [5, 5.41) is 6.49. The largest absolute Gasteiger partial charge is 0.496 e. The lowest BCUT2D eigenvalue weighted by Gasteiger charge is -2.28. The highest BCUT2D eigenvalue weighted by molar-refractivity contribution is 9.10. The van der Waals surface area contributed by atoms with E-state index in [0.717, 1.165) is 35.2 Å². The fourth-order valence-corrected chi connectivity index (χ4v) is 3.29. The Morgan fingerprint density at radius 1 is 1.52 bits per heavy atom. The first-order valence-electron chi connectivity index (χ1n) is 7.38. The fraction of sp³-hybridized carbons (Fsp3) is 0.562. The SMILES string of the molecule is COc1ccc(C(C)NC(=O)C2CCNC(C)C2)cc1Br. The van der Waals surface area contributed by atoms with Crippen LogP contribution in [0, 0.1) is 5.92 Å². The molecule has 0 aliphatic carbocycles. The molecule has 3 unspecified atom stereocenters. The summed E-state index contributed by atoms with van der Waals surface area (Å²) in [5.41, 5.74) is 1.07. The number of methoxy groups -OCH3 is 1. The summed E-state index contributed by atoms with van der Waals surface area (Å²) in [6.07, 6.45) is 1.82. The minimum atomic E-state index is -0.00935. The number of carbonyl (C=O) groups is 1.